The molecule has 0 aromatic heterocycles. The van der Waals surface area contributed by atoms with Gasteiger partial charge in [0.1, 0.15) is 5.82 Å². The molecule has 0 radical (unpaired) electrons. The van der Waals surface area contributed by atoms with E-state index in [0.717, 1.165) is 30.5 Å². The number of amides is 1. The fraction of sp³-hybridized carbons (Fsp3) is 0.316. The molecule has 2 atom stereocenters. The maximum absolute atomic E-state index is 14.4. The SMILES string of the molecule is CC1CC(NC(=O)c2ccc(-c3ccc(Cl)cc3)cc2F)CCN1. The first-order chi connectivity index (χ1) is 11.5. The molecule has 0 bridgehead atoms. The van der Waals surface area contributed by atoms with Crippen LogP contribution in [0.1, 0.15) is 30.1 Å². The van der Waals surface area contributed by atoms with Crippen LogP contribution in [0.4, 0.5) is 4.39 Å². The average molecular weight is 347 g/mol. The molecule has 1 saturated heterocycles. The largest absolute Gasteiger partial charge is 0.349 e. The van der Waals surface area contributed by atoms with Crippen LogP contribution in [0.3, 0.4) is 0 Å². The van der Waals surface area contributed by atoms with Gasteiger partial charge >= 0.3 is 0 Å². The normalized spacial score (nSPS) is 20.6. The summed E-state index contributed by atoms with van der Waals surface area (Å²) in [6.45, 7) is 2.95. The number of hydrogen-bond donors (Lipinski definition) is 2. The van der Waals surface area contributed by atoms with Gasteiger partial charge in [0, 0.05) is 17.1 Å². The van der Waals surface area contributed by atoms with Gasteiger partial charge in [-0.05, 0) is 61.7 Å². The van der Waals surface area contributed by atoms with Crippen LogP contribution in [-0.2, 0) is 0 Å². The van der Waals surface area contributed by atoms with E-state index in [0.29, 0.717) is 11.1 Å². The van der Waals surface area contributed by atoms with Crippen molar-refractivity contribution in [1.29, 1.82) is 0 Å². The van der Waals surface area contributed by atoms with Gasteiger partial charge in [-0.1, -0.05) is 29.8 Å². The Kier molecular flexibility index (Phi) is 5.17. The monoisotopic (exact) mass is 346 g/mol. The van der Waals surface area contributed by atoms with Crippen molar-refractivity contribution < 1.29 is 9.18 Å². The van der Waals surface area contributed by atoms with Gasteiger partial charge in [-0.15, -0.1) is 0 Å². The molecule has 1 aliphatic heterocycles. The molecular weight excluding hydrogens is 327 g/mol. The van der Waals surface area contributed by atoms with Gasteiger partial charge in [0.15, 0.2) is 0 Å². The van der Waals surface area contributed by atoms with E-state index in [2.05, 4.69) is 17.6 Å². The first-order valence-corrected chi connectivity index (χ1v) is 8.50. The molecule has 2 aromatic rings. The minimum atomic E-state index is -0.512. The van der Waals surface area contributed by atoms with Crippen LogP contribution in [0.2, 0.25) is 5.02 Å². The number of benzene rings is 2. The Labute approximate surface area is 146 Å². The van der Waals surface area contributed by atoms with E-state index in [-0.39, 0.29) is 17.5 Å². The molecule has 0 aliphatic carbocycles. The standard InChI is InChI=1S/C19H20ClFN2O/c1-12-10-16(8-9-22-12)23-19(24)17-7-4-14(11-18(17)21)13-2-5-15(20)6-3-13/h2-7,11-12,16,22H,8-10H2,1H3,(H,23,24). The van der Waals surface area contributed by atoms with Crippen LogP contribution in [0.25, 0.3) is 11.1 Å². The van der Waals surface area contributed by atoms with E-state index >= 15 is 0 Å². The van der Waals surface area contributed by atoms with Crippen molar-refractivity contribution in [2.24, 2.45) is 0 Å². The molecule has 2 N–H and O–H groups in total. The molecule has 2 unspecified atom stereocenters. The van der Waals surface area contributed by atoms with Crippen LogP contribution in [-0.4, -0.2) is 24.5 Å². The molecular formula is C19H20ClFN2O. The molecule has 24 heavy (non-hydrogen) atoms. The topological polar surface area (TPSA) is 41.1 Å². The van der Waals surface area contributed by atoms with Crippen LogP contribution >= 0.6 is 11.6 Å². The zero-order valence-electron chi connectivity index (χ0n) is 13.5. The molecule has 1 amide bonds. The third kappa shape index (κ3) is 3.94. The highest BCUT2D eigenvalue weighted by Crippen LogP contribution is 2.24. The van der Waals surface area contributed by atoms with Gasteiger partial charge in [-0.25, -0.2) is 4.39 Å². The van der Waals surface area contributed by atoms with Crippen molar-refractivity contribution in [2.45, 2.75) is 31.8 Å². The number of carbonyl (C=O) groups is 1. The Bertz CT molecular complexity index is 733. The summed E-state index contributed by atoms with van der Waals surface area (Å²) < 4.78 is 14.4. The van der Waals surface area contributed by atoms with Crippen molar-refractivity contribution >= 4 is 17.5 Å². The molecule has 2 aromatic carbocycles. The predicted octanol–water partition coefficient (Wildman–Crippen LogP) is 4.02. The summed E-state index contributed by atoms with van der Waals surface area (Å²) in [6, 6.07) is 12.3. The zero-order valence-corrected chi connectivity index (χ0v) is 14.2. The smallest absolute Gasteiger partial charge is 0.254 e. The van der Waals surface area contributed by atoms with E-state index in [1.165, 1.54) is 6.07 Å². The maximum Gasteiger partial charge on any atom is 0.254 e. The molecule has 5 heteroatoms. The summed E-state index contributed by atoms with van der Waals surface area (Å²) in [5.41, 5.74) is 1.66. The summed E-state index contributed by atoms with van der Waals surface area (Å²) in [5, 5.41) is 6.90. The van der Waals surface area contributed by atoms with E-state index in [1.54, 1.807) is 24.3 Å². The quantitative estimate of drug-likeness (QED) is 0.881. The van der Waals surface area contributed by atoms with Crippen molar-refractivity contribution in [3.05, 3.63) is 58.9 Å². The van der Waals surface area contributed by atoms with Gasteiger partial charge in [-0.2, -0.15) is 0 Å². The summed E-state index contributed by atoms with van der Waals surface area (Å²) in [6.07, 6.45) is 1.72. The fourth-order valence-electron chi connectivity index (χ4n) is 3.05. The lowest BCUT2D eigenvalue weighted by Crippen LogP contribution is -2.46. The maximum atomic E-state index is 14.4. The number of piperidine rings is 1. The van der Waals surface area contributed by atoms with Gasteiger partial charge in [0.05, 0.1) is 5.56 Å². The zero-order chi connectivity index (χ0) is 17.1. The molecule has 3 rings (SSSR count). The third-order valence-corrected chi connectivity index (χ3v) is 4.60. The first kappa shape index (κ1) is 16.9. The summed E-state index contributed by atoms with van der Waals surface area (Å²) >= 11 is 5.87. The third-order valence-electron chi connectivity index (χ3n) is 4.35. The molecule has 1 fully saturated rings. The average Bonchev–Trinajstić information content (AvgIpc) is 2.55. The lowest BCUT2D eigenvalue weighted by molar-refractivity contribution is 0.0921. The van der Waals surface area contributed by atoms with E-state index in [9.17, 15) is 9.18 Å². The fourth-order valence-corrected chi connectivity index (χ4v) is 3.17. The molecule has 1 heterocycles. The number of rotatable bonds is 3. The van der Waals surface area contributed by atoms with Crippen molar-refractivity contribution in [3.8, 4) is 11.1 Å². The summed E-state index contributed by atoms with van der Waals surface area (Å²) in [4.78, 5) is 12.3. The lowest BCUT2D eigenvalue weighted by Gasteiger charge is -2.28. The Morgan fingerprint density at radius 3 is 2.58 bits per heavy atom. The molecule has 3 nitrogen and oxygen atoms in total. The van der Waals surface area contributed by atoms with Crippen molar-refractivity contribution in [3.63, 3.8) is 0 Å². The van der Waals surface area contributed by atoms with E-state index in [1.807, 2.05) is 12.1 Å². The minimum absolute atomic E-state index is 0.0823. The Morgan fingerprint density at radius 1 is 1.21 bits per heavy atom. The Morgan fingerprint density at radius 2 is 1.92 bits per heavy atom. The molecule has 126 valence electrons. The van der Waals surface area contributed by atoms with Crippen molar-refractivity contribution in [2.75, 3.05) is 6.54 Å². The van der Waals surface area contributed by atoms with E-state index < -0.39 is 5.82 Å². The number of nitrogens with one attached hydrogen (secondary N) is 2. The molecule has 0 saturated carbocycles. The highest BCUT2D eigenvalue weighted by molar-refractivity contribution is 6.30. The first-order valence-electron chi connectivity index (χ1n) is 8.12. The van der Waals surface area contributed by atoms with Crippen LogP contribution in [0.15, 0.2) is 42.5 Å². The molecule has 0 spiro atoms. The van der Waals surface area contributed by atoms with Gasteiger partial charge < -0.3 is 10.6 Å². The van der Waals surface area contributed by atoms with Crippen LogP contribution in [0.5, 0.6) is 0 Å². The van der Waals surface area contributed by atoms with Crippen LogP contribution in [0, 0.1) is 5.82 Å². The highest BCUT2D eigenvalue weighted by Gasteiger charge is 2.22. The molecule has 1 aliphatic rings. The van der Waals surface area contributed by atoms with Gasteiger partial charge in [0.2, 0.25) is 0 Å². The Hall–Kier alpha value is -1.91. The van der Waals surface area contributed by atoms with Gasteiger partial charge in [0.25, 0.3) is 5.91 Å². The summed E-state index contributed by atoms with van der Waals surface area (Å²) in [7, 11) is 0. The second kappa shape index (κ2) is 7.32. The van der Waals surface area contributed by atoms with E-state index in [4.69, 9.17) is 11.6 Å². The highest BCUT2D eigenvalue weighted by atomic mass is 35.5. The second-order valence-corrected chi connectivity index (χ2v) is 6.69. The number of halogens is 2. The summed E-state index contributed by atoms with van der Waals surface area (Å²) in [5.74, 6) is -0.865. The van der Waals surface area contributed by atoms with Gasteiger partial charge in [-0.3, -0.25) is 4.79 Å². The predicted molar refractivity (Wildman–Crippen MR) is 94.8 cm³/mol. The van der Waals surface area contributed by atoms with Crippen molar-refractivity contribution in [1.82, 2.24) is 10.6 Å². The Balaban J connectivity index is 1.74. The minimum Gasteiger partial charge on any atom is -0.349 e. The second-order valence-electron chi connectivity index (χ2n) is 6.25. The lowest BCUT2D eigenvalue weighted by atomic mass is 9.99. The van der Waals surface area contributed by atoms with Crippen LogP contribution < -0.4 is 10.6 Å². The number of hydrogen-bond acceptors (Lipinski definition) is 2. The number of carbonyl (C=O) groups excluding carboxylic acids is 1.